The molecule has 48 heavy (non-hydrogen) atoms. The summed E-state index contributed by atoms with van der Waals surface area (Å²) in [6.07, 6.45) is 5.51. The fraction of sp³-hybridized carbons (Fsp3) is 0.535. The molecule has 258 valence electrons. The second-order valence-corrected chi connectivity index (χ2v) is 15.4. The van der Waals surface area contributed by atoms with Gasteiger partial charge >= 0.3 is 5.97 Å². The molecule has 3 aromatic rings. The minimum atomic E-state index is -0.983. The van der Waals surface area contributed by atoms with Gasteiger partial charge in [0.2, 0.25) is 0 Å². The molecule has 5 nitrogen and oxygen atoms in total. The van der Waals surface area contributed by atoms with Crippen molar-refractivity contribution in [2.24, 2.45) is 23.7 Å². The van der Waals surface area contributed by atoms with Crippen LogP contribution in [-0.2, 0) is 26.0 Å². The highest BCUT2D eigenvalue weighted by molar-refractivity contribution is 5.96. The molecule has 0 amide bonds. The maximum absolute atomic E-state index is 13.4. The smallest absolute Gasteiger partial charge is 0.315 e. The number of nitrogens with zero attached hydrogens (tertiary/aromatic N) is 1. The van der Waals surface area contributed by atoms with Crippen LogP contribution in [0.2, 0.25) is 0 Å². The SMILES string of the molecule is CCOC(=O)C(C)(C)c1ccc(C(=O)CCCN2CCC(C3C(C(C)C)CCC(C)(c4ccccc4)C3(O)c3ccccc3)CC2)cc1. The van der Waals surface area contributed by atoms with Crippen LogP contribution >= 0.6 is 0 Å². The van der Waals surface area contributed by atoms with Crippen LogP contribution in [0.25, 0.3) is 0 Å². The van der Waals surface area contributed by atoms with E-state index in [1.54, 1.807) is 0 Å². The van der Waals surface area contributed by atoms with E-state index in [0.29, 0.717) is 36.3 Å². The number of rotatable bonds is 12. The number of benzene rings is 3. The highest BCUT2D eigenvalue weighted by atomic mass is 16.5. The zero-order valence-corrected chi connectivity index (χ0v) is 30.1. The molecular weight excluding hydrogens is 594 g/mol. The Morgan fingerprint density at radius 1 is 0.896 bits per heavy atom. The van der Waals surface area contributed by atoms with E-state index in [0.717, 1.165) is 62.9 Å². The topological polar surface area (TPSA) is 66.8 Å². The third-order valence-electron chi connectivity index (χ3n) is 12.0. The summed E-state index contributed by atoms with van der Waals surface area (Å²) in [6, 6.07) is 28.7. The molecule has 1 aliphatic heterocycles. The van der Waals surface area contributed by atoms with Gasteiger partial charge in [0.15, 0.2) is 5.78 Å². The van der Waals surface area contributed by atoms with Crippen LogP contribution in [0.3, 0.4) is 0 Å². The van der Waals surface area contributed by atoms with Crippen molar-refractivity contribution in [3.63, 3.8) is 0 Å². The molecular formula is C43H57NO4. The molecule has 1 saturated carbocycles. The van der Waals surface area contributed by atoms with Crippen LogP contribution in [0.4, 0.5) is 0 Å². The first-order valence-corrected chi connectivity index (χ1v) is 18.3. The summed E-state index contributed by atoms with van der Waals surface area (Å²) in [7, 11) is 0. The van der Waals surface area contributed by atoms with Crippen molar-refractivity contribution in [1.29, 1.82) is 0 Å². The quantitative estimate of drug-likeness (QED) is 0.157. The second kappa shape index (κ2) is 15.1. The number of Topliss-reactive ketones (excluding diaryl/α,β-unsaturated/α-hetero) is 1. The van der Waals surface area contributed by atoms with Crippen LogP contribution in [0.5, 0.6) is 0 Å². The van der Waals surface area contributed by atoms with Gasteiger partial charge in [0.25, 0.3) is 0 Å². The Morgan fingerprint density at radius 3 is 2.04 bits per heavy atom. The Labute approximate surface area is 289 Å². The Kier molecular flexibility index (Phi) is 11.3. The maximum atomic E-state index is 13.4. The summed E-state index contributed by atoms with van der Waals surface area (Å²) >= 11 is 0. The fourth-order valence-corrected chi connectivity index (χ4v) is 8.96. The van der Waals surface area contributed by atoms with Gasteiger partial charge in [-0.2, -0.15) is 0 Å². The Morgan fingerprint density at radius 2 is 1.48 bits per heavy atom. The molecule has 0 radical (unpaired) electrons. The predicted molar refractivity (Wildman–Crippen MR) is 194 cm³/mol. The molecule has 0 spiro atoms. The molecule has 3 aromatic carbocycles. The van der Waals surface area contributed by atoms with E-state index in [4.69, 9.17) is 4.74 Å². The van der Waals surface area contributed by atoms with Gasteiger partial charge in [-0.25, -0.2) is 0 Å². The van der Waals surface area contributed by atoms with Gasteiger partial charge in [-0.1, -0.05) is 106 Å². The monoisotopic (exact) mass is 651 g/mol. The molecule has 5 rings (SSSR count). The number of likely N-dealkylation sites (tertiary alicyclic amines) is 1. The van der Waals surface area contributed by atoms with E-state index in [1.807, 2.05) is 45.0 Å². The maximum Gasteiger partial charge on any atom is 0.315 e. The number of carbonyl (C=O) groups is 2. The van der Waals surface area contributed by atoms with Gasteiger partial charge < -0.3 is 14.7 Å². The van der Waals surface area contributed by atoms with Gasteiger partial charge in [-0.3, -0.25) is 9.59 Å². The average Bonchev–Trinajstić information content (AvgIpc) is 3.10. The minimum Gasteiger partial charge on any atom is -0.465 e. The lowest BCUT2D eigenvalue weighted by Crippen LogP contribution is -2.61. The second-order valence-electron chi connectivity index (χ2n) is 15.4. The largest absolute Gasteiger partial charge is 0.465 e. The first kappa shape index (κ1) is 36.0. The van der Waals surface area contributed by atoms with Crippen molar-refractivity contribution in [3.8, 4) is 0 Å². The minimum absolute atomic E-state index is 0.139. The van der Waals surface area contributed by atoms with Crippen LogP contribution in [-0.4, -0.2) is 48.0 Å². The summed E-state index contributed by atoms with van der Waals surface area (Å²) < 4.78 is 5.24. The standard InChI is InChI=1S/C43H57NO4/c1-7-48-40(46)41(4,5)34-22-20-32(21-23-34)38(45)19-14-28-44-29-25-33(26-30-44)39-37(31(2)3)24-27-42(6,35-15-10-8-11-16-35)43(39,47)36-17-12-9-13-18-36/h8-13,15-18,20-23,31,33,37,39,47H,7,14,19,24-30H2,1-6H3. The average molecular weight is 652 g/mol. The first-order valence-electron chi connectivity index (χ1n) is 18.3. The summed E-state index contributed by atoms with van der Waals surface area (Å²) in [6.45, 7) is 15.7. The summed E-state index contributed by atoms with van der Waals surface area (Å²) in [5.74, 6) is 1.38. The van der Waals surface area contributed by atoms with Gasteiger partial charge in [0, 0.05) is 17.4 Å². The van der Waals surface area contributed by atoms with E-state index in [9.17, 15) is 14.7 Å². The van der Waals surface area contributed by atoms with Crippen LogP contribution in [0.15, 0.2) is 84.9 Å². The molecule has 5 heteroatoms. The third kappa shape index (κ3) is 7.05. The third-order valence-corrected chi connectivity index (χ3v) is 12.0. The van der Waals surface area contributed by atoms with E-state index in [-0.39, 0.29) is 17.7 Å². The number of ether oxygens (including phenoxy) is 1. The molecule has 0 aromatic heterocycles. The predicted octanol–water partition coefficient (Wildman–Crippen LogP) is 8.73. The molecule has 1 saturated heterocycles. The number of esters is 1. The van der Waals surface area contributed by atoms with Gasteiger partial charge in [0.05, 0.1) is 12.0 Å². The number of ketones is 1. The molecule has 2 fully saturated rings. The lowest BCUT2D eigenvalue weighted by molar-refractivity contribution is -0.170. The number of hydrogen-bond acceptors (Lipinski definition) is 5. The van der Waals surface area contributed by atoms with Crippen molar-refractivity contribution in [1.82, 2.24) is 4.90 Å². The summed E-state index contributed by atoms with van der Waals surface area (Å²) in [5.41, 5.74) is 1.68. The normalized spacial score (nSPS) is 25.6. The van der Waals surface area contributed by atoms with Crippen molar-refractivity contribution in [2.45, 2.75) is 96.5 Å². The molecule has 4 unspecified atom stereocenters. The zero-order valence-electron chi connectivity index (χ0n) is 30.1. The lowest BCUT2D eigenvalue weighted by Gasteiger charge is -2.60. The highest BCUT2D eigenvalue weighted by Gasteiger charge is 2.60. The Hall–Kier alpha value is -3.28. The molecule has 1 heterocycles. The van der Waals surface area contributed by atoms with Crippen molar-refractivity contribution in [3.05, 3.63) is 107 Å². The fourth-order valence-electron chi connectivity index (χ4n) is 8.96. The van der Waals surface area contributed by atoms with Crippen molar-refractivity contribution < 1.29 is 19.4 Å². The van der Waals surface area contributed by atoms with Crippen LogP contribution < -0.4 is 0 Å². The number of carbonyl (C=O) groups excluding carboxylic acids is 2. The Balaban J connectivity index is 1.25. The van der Waals surface area contributed by atoms with E-state index in [1.165, 1.54) is 5.56 Å². The van der Waals surface area contributed by atoms with Gasteiger partial charge in [-0.05, 0) is 113 Å². The van der Waals surface area contributed by atoms with Crippen molar-refractivity contribution >= 4 is 11.8 Å². The number of piperidine rings is 1. The summed E-state index contributed by atoms with van der Waals surface area (Å²) in [5, 5.41) is 13.4. The molecule has 1 N–H and O–H groups in total. The van der Waals surface area contributed by atoms with Gasteiger partial charge in [0.1, 0.15) is 5.60 Å². The molecule has 2 aliphatic rings. The van der Waals surface area contributed by atoms with Crippen LogP contribution in [0, 0.1) is 23.7 Å². The van der Waals surface area contributed by atoms with E-state index >= 15 is 0 Å². The highest BCUT2D eigenvalue weighted by Crippen LogP contribution is 2.61. The zero-order chi connectivity index (χ0) is 34.5. The van der Waals surface area contributed by atoms with E-state index in [2.05, 4.69) is 86.3 Å². The van der Waals surface area contributed by atoms with Crippen LogP contribution in [0.1, 0.15) is 107 Å². The first-order chi connectivity index (χ1) is 22.9. The Bertz CT molecular complexity index is 1490. The molecule has 0 bridgehead atoms. The molecule has 1 aliphatic carbocycles. The number of hydrogen-bond donors (Lipinski definition) is 1. The summed E-state index contributed by atoms with van der Waals surface area (Å²) in [4.78, 5) is 28.0. The molecule has 4 atom stereocenters. The van der Waals surface area contributed by atoms with Gasteiger partial charge in [-0.15, -0.1) is 0 Å². The van der Waals surface area contributed by atoms with Crippen molar-refractivity contribution in [2.75, 3.05) is 26.2 Å². The lowest BCUT2D eigenvalue weighted by atomic mass is 9.47. The number of aliphatic hydroxyl groups is 1. The van der Waals surface area contributed by atoms with E-state index < -0.39 is 16.4 Å².